The molecule has 6 nitrogen and oxygen atoms in total. The van der Waals surface area contributed by atoms with Crippen LogP contribution in [0.4, 0.5) is 0 Å². The second kappa shape index (κ2) is 6.70. The van der Waals surface area contributed by atoms with Crippen LogP contribution in [0.1, 0.15) is 34.5 Å². The van der Waals surface area contributed by atoms with Crippen molar-refractivity contribution < 1.29 is 23.8 Å². The number of aromatic carboxylic acids is 1. The average Bonchev–Trinajstić information content (AvgIpc) is 2.78. The summed E-state index contributed by atoms with van der Waals surface area (Å²) in [5, 5.41) is 11.2. The molecule has 94 valence electrons. The zero-order valence-corrected chi connectivity index (χ0v) is 9.56. The Kier molecular flexibility index (Phi) is 5.22. The number of rotatable bonds is 7. The molecule has 1 heterocycles. The summed E-state index contributed by atoms with van der Waals surface area (Å²) in [6.07, 6.45) is 0.700. The molecule has 0 aliphatic rings. The van der Waals surface area contributed by atoms with Crippen molar-refractivity contribution in [3.05, 3.63) is 23.7 Å². The maximum atomic E-state index is 11.5. The van der Waals surface area contributed by atoms with Gasteiger partial charge in [-0.2, -0.15) is 0 Å². The molecule has 0 saturated heterocycles. The summed E-state index contributed by atoms with van der Waals surface area (Å²) in [6, 6.07) is 2.58. The SMILES string of the molecule is CCOCCCNC(=O)c1ccc(C(=O)O)o1. The van der Waals surface area contributed by atoms with Crippen molar-refractivity contribution in [1.82, 2.24) is 5.32 Å². The van der Waals surface area contributed by atoms with Crippen molar-refractivity contribution >= 4 is 11.9 Å². The van der Waals surface area contributed by atoms with Crippen molar-refractivity contribution in [1.29, 1.82) is 0 Å². The van der Waals surface area contributed by atoms with Crippen molar-refractivity contribution in [3.8, 4) is 0 Å². The number of nitrogens with one attached hydrogen (secondary N) is 1. The standard InChI is InChI=1S/C11H15NO5/c1-2-16-7-3-6-12-10(13)8-4-5-9(17-8)11(14)15/h4-5H,2-3,6-7H2,1H3,(H,12,13)(H,14,15). The van der Waals surface area contributed by atoms with Gasteiger partial charge in [-0.1, -0.05) is 0 Å². The van der Waals surface area contributed by atoms with Crippen LogP contribution in [0.2, 0.25) is 0 Å². The third kappa shape index (κ3) is 4.28. The van der Waals surface area contributed by atoms with E-state index < -0.39 is 11.9 Å². The van der Waals surface area contributed by atoms with Crippen LogP contribution in [-0.4, -0.2) is 36.7 Å². The van der Waals surface area contributed by atoms with E-state index in [0.717, 1.165) is 0 Å². The summed E-state index contributed by atoms with van der Waals surface area (Å²) >= 11 is 0. The minimum Gasteiger partial charge on any atom is -0.475 e. The highest BCUT2D eigenvalue weighted by Gasteiger charge is 2.13. The molecule has 0 fully saturated rings. The molecule has 2 N–H and O–H groups in total. The lowest BCUT2D eigenvalue weighted by atomic mass is 10.4. The number of carboxylic acid groups (broad SMARTS) is 1. The number of carbonyl (C=O) groups is 2. The minimum absolute atomic E-state index is 0.00110. The molecule has 1 aromatic heterocycles. The molecule has 0 spiro atoms. The van der Waals surface area contributed by atoms with E-state index in [4.69, 9.17) is 14.3 Å². The Bertz CT molecular complexity index is 385. The molecule has 0 unspecified atom stereocenters. The van der Waals surface area contributed by atoms with Crippen molar-refractivity contribution in [2.45, 2.75) is 13.3 Å². The van der Waals surface area contributed by atoms with E-state index in [1.165, 1.54) is 12.1 Å². The van der Waals surface area contributed by atoms with Crippen LogP contribution in [0.3, 0.4) is 0 Å². The van der Waals surface area contributed by atoms with Gasteiger partial charge in [-0.15, -0.1) is 0 Å². The van der Waals surface area contributed by atoms with Gasteiger partial charge < -0.3 is 19.6 Å². The highest BCUT2D eigenvalue weighted by Crippen LogP contribution is 2.07. The monoisotopic (exact) mass is 241 g/mol. The Hall–Kier alpha value is -1.82. The Morgan fingerprint density at radius 2 is 2.12 bits per heavy atom. The van der Waals surface area contributed by atoms with E-state index in [1.807, 2.05) is 6.92 Å². The molecule has 0 atom stereocenters. The number of furan rings is 1. The molecule has 0 aromatic carbocycles. The number of carboxylic acids is 1. The highest BCUT2D eigenvalue weighted by atomic mass is 16.5. The second-order valence-corrected chi connectivity index (χ2v) is 3.28. The Morgan fingerprint density at radius 1 is 1.41 bits per heavy atom. The second-order valence-electron chi connectivity index (χ2n) is 3.28. The Labute approximate surface area is 98.6 Å². The molecule has 0 aliphatic heterocycles. The lowest BCUT2D eigenvalue weighted by Gasteiger charge is -2.03. The van der Waals surface area contributed by atoms with Gasteiger partial charge in [0, 0.05) is 19.8 Å². The zero-order valence-electron chi connectivity index (χ0n) is 9.56. The molecular formula is C11H15NO5. The van der Waals surface area contributed by atoms with Crippen LogP contribution in [0.5, 0.6) is 0 Å². The third-order valence-corrected chi connectivity index (χ3v) is 2.00. The van der Waals surface area contributed by atoms with E-state index in [0.29, 0.717) is 26.2 Å². The Morgan fingerprint density at radius 3 is 2.71 bits per heavy atom. The van der Waals surface area contributed by atoms with Crippen LogP contribution in [0.15, 0.2) is 16.5 Å². The first-order valence-corrected chi connectivity index (χ1v) is 5.34. The van der Waals surface area contributed by atoms with Crippen molar-refractivity contribution in [3.63, 3.8) is 0 Å². The molecule has 1 amide bonds. The molecule has 6 heteroatoms. The maximum absolute atomic E-state index is 11.5. The Balaban J connectivity index is 2.34. The fourth-order valence-electron chi connectivity index (χ4n) is 1.18. The van der Waals surface area contributed by atoms with Crippen LogP contribution in [-0.2, 0) is 4.74 Å². The zero-order chi connectivity index (χ0) is 12.7. The topological polar surface area (TPSA) is 88.8 Å². The van der Waals surface area contributed by atoms with Gasteiger partial charge in [0.25, 0.3) is 5.91 Å². The predicted molar refractivity (Wildman–Crippen MR) is 59.1 cm³/mol. The normalized spacial score (nSPS) is 10.2. The van der Waals surface area contributed by atoms with Gasteiger partial charge in [0.1, 0.15) is 0 Å². The summed E-state index contributed by atoms with van der Waals surface area (Å²) in [5.41, 5.74) is 0. The van der Waals surface area contributed by atoms with Gasteiger partial charge in [0.2, 0.25) is 5.76 Å². The summed E-state index contributed by atoms with van der Waals surface area (Å²) < 4.78 is 9.95. The van der Waals surface area contributed by atoms with E-state index in [9.17, 15) is 9.59 Å². The maximum Gasteiger partial charge on any atom is 0.371 e. The van der Waals surface area contributed by atoms with Gasteiger partial charge in [0.15, 0.2) is 5.76 Å². The van der Waals surface area contributed by atoms with Crippen molar-refractivity contribution in [2.24, 2.45) is 0 Å². The lowest BCUT2D eigenvalue weighted by Crippen LogP contribution is -2.24. The van der Waals surface area contributed by atoms with E-state index >= 15 is 0 Å². The minimum atomic E-state index is -1.19. The summed E-state index contributed by atoms with van der Waals surface area (Å²) in [6.45, 7) is 3.58. The first-order chi connectivity index (χ1) is 8.15. The smallest absolute Gasteiger partial charge is 0.371 e. The third-order valence-electron chi connectivity index (χ3n) is 2.00. The summed E-state index contributed by atoms with van der Waals surface area (Å²) in [4.78, 5) is 22.0. The quantitative estimate of drug-likeness (QED) is 0.698. The predicted octanol–water partition coefficient (Wildman–Crippen LogP) is 1.13. The molecule has 17 heavy (non-hydrogen) atoms. The molecule has 0 aliphatic carbocycles. The first kappa shape index (κ1) is 13.2. The van der Waals surface area contributed by atoms with Crippen molar-refractivity contribution in [2.75, 3.05) is 19.8 Å². The fraction of sp³-hybridized carbons (Fsp3) is 0.455. The van der Waals surface area contributed by atoms with Crippen LogP contribution in [0.25, 0.3) is 0 Å². The number of amides is 1. The van der Waals surface area contributed by atoms with E-state index in [-0.39, 0.29) is 11.5 Å². The van der Waals surface area contributed by atoms with Gasteiger partial charge in [-0.3, -0.25) is 4.79 Å². The van der Waals surface area contributed by atoms with Gasteiger partial charge in [0.05, 0.1) is 0 Å². The van der Waals surface area contributed by atoms with Crippen LogP contribution in [0, 0.1) is 0 Å². The van der Waals surface area contributed by atoms with Gasteiger partial charge in [-0.25, -0.2) is 4.79 Å². The molecule has 0 bridgehead atoms. The lowest BCUT2D eigenvalue weighted by molar-refractivity contribution is 0.0659. The average molecular weight is 241 g/mol. The molecule has 1 aromatic rings. The fourth-order valence-corrected chi connectivity index (χ4v) is 1.18. The largest absolute Gasteiger partial charge is 0.475 e. The molecule has 1 rings (SSSR count). The summed E-state index contributed by atoms with van der Waals surface area (Å²) in [5.74, 6) is -1.86. The molecule has 0 radical (unpaired) electrons. The van der Waals surface area contributed by atoms with Crippen LogP contribution >= 0.6 is 0 Å². The molecular weight excluding hydrogens is 226 g/mol. The number of hydrogen-bond donors (Lipinski definition) is 2. The summed E-state index contributed by atoms with van der Waals surface area (Å²) in [7, 11) is 0. The number of ether oxygens (including phenoxy) is 1. The van der Waals surface area contributed by atoms with Gasteiger partial charge in [-0.05, 0) is 25.5 Å². The van der Waals surface area contributed by atoms with E-state index in [1.54, 1.807) is 0 Å². The van der Waals surface area contributed by atoms with Gasteiger partial charge >= 0.3 is 5.97 Å². The van der Waals surface area contributed by atoms with Crippen LogP contribution < -0.4 is 5.32 Å². The number of hydrogen-bond acceptors (Lipinski definition) is 4. The first-order valence-electron chi connectivity index (χ1n) is 5.34. The number of carbonyl (C=O) groups excluding carboxylic acids is 1. The molecule has 0 saturated carbocycles. The highest BCUT2D eigenvalue weighted by molar-refractivity contribution is 5.93. The van der Waals surface area contributed by atoms with E-state index in [2.05, 4.69) is 5.32 Å².